The molecule has 2 aliphatic rings. The number of aryl methyl sites for hydroxylation is 3. The van der Waals surface area contributed by atoms with Gasteiger partial charge in [-0.15, -0.1) is 0 Å². The predicted molar refractivity (Wildman–Crippen MR) is 116 cm³/mol. The van der Waals surface area contributed by atoms with E-state index in [9.17, 15) is 14.7 Å². The molecule has 30 heavy (non-hydrogen) atoms. The van der Waals surface area contributed by atoms with E-state index in [1.807, 2.05) is 6.07 Å². The van der Waals surface area contributed by atoms with E-state index in [0.717, 1.165) is 55.2 Å². The van der Waals surface area contributed by atoms with Gasteiger partial charge in [0.1, 0.15) is 0 Å². The molecule has 1 atom stereocenters. The average Bonchev–Trinajstić information content (AvgIpc) is 2.77. The number of carbonyl (C=O) groups is 2. The van der Waals surface area contributed by atoms with Gasteiger partial charge in [0, 0.05) is 0 Å². The van der Waals surface area contributed by atoms with Crippen molar-refractivity contribution in [3.05, 3.63) is 69.3 Å². The van der Waals surface area contributed by atoms with Crippen LogP contribution in [-0.4, -0.2) is 24.2 Å². The Morgan fingerprint density at radius 3 is 2.30 bits per heavy atom. The molecule has 0 fully saturated rings. The maximum absolute atomic E-state index is 12.6. The van der Waals surface area contributed by atoms with E-state index in [-0.39, 0.29) is 5.97 Å². The second-order valence-electron chi connectivity index (χ2n) is 8.69. The number of fused-ring (bicyclic) bond motifs is 2. The largest absolute Gasteiger partial charge is 0.481 e. The number of carbonyl (C=O) groups excluding carboxylic acids is 1. The number of carboxylic acids is 1. The zero-order valence-electron chi connectivity index (χ0n) is 17.7. The quantitative estimate of drug-likeness (QED) is 0.705. The second-order valence-corrected chi connectivity index (χ2v) is 8.69. The van der Waals surface area contributed by atoms with Crippen molar-refractivity contribution in [3.63, 3.8) is 0 Å². The Morgan fingerprint density at radius 1 is 0.900 bits per heavy atom. The van der Waals surface area contributed by atoms with Gasteiger partial charge in [-0.1, -0.05) is 30.3 Å². The first-order chi connectivity index (χ1) is 14.6. The summed E-state index contributed by atoms with van der Waals surface area (Å²) in [5.74, 6) is -1.74. The highest BCUT2D eigenvalue weighted by atomic mass is 16.5. The van der Waals surface area contributed by atoms with Crippen molar-refractivity contribution in [2.45, 2.75) is 64.2 Å². The first-order valence-electron chi connectivity index (χ1n) is 11.1. The number of hydrogen-bond donors (Lipinski definition) is 1. The number of aliphatic carboxylic acids is 1. The Labute approximate surface area is 178 Å². The van der Waals surface area contributed by atoms with Crippen molar-refractivity contribution in [2.75, 3.05) is 7.11 Å². The number of hydrogen-bond acceptors (Lipinski definition) is 3. The molecule has 2 aliphatic carbocycles. The summed E-state index contributed by atoms with van der Waals surface area (Å²) < 4.78 is 5.08. The van der Waals surface area contributed by atoms with Crippen molar-refractivity contribution in [3.8, 4) is 0 Å². The predicted octanol–water partition coefficient (Wildman–Crippen LogP) is 4.72. The van der Waals surface area contributed by atoms with E-state index in [1.165, 1.54) is 36.6 Å². The van der Waals surface area contributed by atoms with Crippen LogP contribution in [0.3, 0.4) is 0 Å². The fourth-order valence-corrected chi connectivity index (χ4v) is 5.11. The summed E-state index contributed by atoms with van der Waals surface area (Å²) in [5, 5.41) is 9.94. The highest BCUT2D eigenvalue weighted by Crippen LogP contribution is 2.30. The minimum absolute atomic E-state index is 0.337. The molecule has 0 bridgehead atoms. The highest BCUT2D eigenvalue weighted by molar-refractivity contribution is 5.93. The van der Waals surface area contributed by atoms with Gasteiger partial charge in [0.15, 0.2) is 0 Å². The fourth-order valence-electron chi connectivity index (χ4n) is 5.11. The molecule has 158 valence electrons. The van der Waals surface area contributed by atoms with Gasteiger partial charge in [-0.25, -0.2) is 4.79 Å². The maximum Gasteiger partial charge on any atom is 0.338 e. The third-order valence-electron chi connectivity index (χ3n) is 6.72. The summed E-state index contributed by atoms with van der Waals surface area (Å²) in [6, 6.07) is 10.5. The Hall–Kier alpha value is -2.62. The molecular formula is C26H30O4. The van der Waals surface area contributed by atoms with E-state index < -0.39 is 11.9 Å². The lowest BCUT2D eigenvalue weighted by Crippen LogP contribution is -2.22. The van der Waals surface area contributed by atoms with E-state index >= 15 is 0 Å². The van der Waals surface area contributed by atoms with Crippen LogP contribution < -0.4 is 0 Å². The van der Waals surface area contributed by atoms with Crippen molar-refractivity contribution < 1.29 is 19.4 Å². The summed E-state index contributed by atoms with van der Waals surface area (Å²) in [6.07, 6.45) is 9.46. The average molecular weight is 407 g/mol. The van der Waals surface area contributed by atoms with Crippen LogP contribution in [0.15, 0.2) is 30.3 Å². The third-order valence-corrected chi connectivity index (χ3v) is 6.72. The molecular weight excluding hydrogens is 376 g/mol. The van der Waals surface area contributed by atoms with Crippen LogP contribution in [0.25, 0.3) is 0 Å². The molecule has 2 aromatic rings. The molecule has 0 spiro atoms. The summed E-state index contributed by atoms with van der Waals surface area (Å²) in [5.41, 5.74) is 7.50. The number of carboxylic acid groups (broad SMARTS) is 1. The molecule has 1 N–H and O–H groups in total. The van der Waals surface area contributed by atoms with Gasteiger partial charge in [0.2, 0.25) is 0 Å². The summed E-state index contributed by atoms with van der Waals surface area (Å²) in [7, 11) is 1.40. The van der Waals surface area contributed by atoms with Gasteiger partial charge >= 0.3 is 11.9 Å². The topological polar surface area (TPSA) is 63.6 Å². The lowest BCUT2D eigenvalue weighted by molar-refractivity contribution is -0.141. The van der Waals surface area contributed by atoms with E-state index in [1.54, 1.807) is 0 Å². The molecule has 0 heterocycles. The molecule has 0 aliphatic heterocycles. The Kier molecular flexibility index (Phi) is 6.21. The molecule has 4 heteroatoms. The van der Waals surface area contributed by atoms with Crippen LogP contribution in [-0.2, 0) is 48.1 Å². The Balaban J connectivity index is 1.62. The number of rotatable bonds is 6. The SMILES string of the molecule is COC(=O)c1c(C[C@H](Cc2ccc3c(c2)CCCC3)C(=O)O)ccc2c1CCCC2. The molecule has 0 aromatic heterocycles. The van der Waals surface area contributed by atoms with Crippen molar-refractivity contribution in [2.24, 2.45) is 5.92 Å². The minimum atomic E-state index is -0.818. The van der Waals surface area contributed by atoms with Crippen LogP contribution in [0.2, 0.25) is 0 Å². The standard InChI is InChI=1S/C26H30O4/c1-30-26(29)24-21(13-12-19-7-4-5-9-23(19)24)16-22(25(27)28)15-17-10-11-18-6-2-3-8-20(18)14-17/h10-14,22H,2-9,15-16H2,1H3,(H,27,28)/t22-/m0/s1. The lowest BCUT2D eigenvalue weighted by atomic mass is 9.82. The molecule has 0 unspecified atom stereocenters. The molecule has 0 amide bonds. The molecule has 4 rings (SSSR count). The third kappa shape index (κ3) is 4.28. The van der Waals surface area contributed by atoms with Crippen LogP contribution in [0, 0.1) is 5.92 Å². The number of methoxy groups -OCH3 is 1. The van der Waals surface area contributed by atoms with Crippen LogP contribution in [0.4, 0.5) is 0 Å². The van der Waals surface area contributed by atoms with E-state index in [4.69, 9.17) is 4.74 Å². The lowest BCUT2D eigenvalue weighted by Gasteiger charge is -2.23. The Morgan fingerprint density at radius 2 is 1.57 bits per heavy atom. The zero-order chi connectivity index (χ0) is 21.1. The van der Waals surface area contributed by atoms with E-state index in [0.29, 0.717) is 18.4 Å². The van der Waals surface area contributed by atoms with Crippen molar-refractivity contribution >= 4 is 11.9 Å². The molecule has 0 radical (unpaired) electrons. The van der Waals surface area contributed by atoms with Gasteiger partial charge in [0.05, 0.1) is 18.6 Å². The van der Waals surface area contributed by atoms with E-state index in [2.05, 4.69) is 24.3 Å². The summed E-state index contributed by atoms with van der Waals surface area (Å²) in [6.45, 7) is 0. The maximum atomic E-state index is 12.6. The van der Waals surface area contributed by atoms with Crippen LogP contribution in [0.1, 0.15) is 69.4 Å². The molecule has 2 aromatic carbocycles. The van der Waals surface area contributed by atoms with Crippen LogP contribution >= 0.6 is 0 Å². The molecule has 4 nitrogen and oxygen atoms in total. The highest BCUT2D eigenvalue weighted by Gasteiger charge is 2.26. The van der Waals surface area contributed by atoms with Crippen molar-refractivity contribution in [1.29, 1.82) is 0 Å². The Bertz CT molecular complexity index is 960. The smallest absolute Gasteiger partial charge is 0.338 e. The zero-order valence-corrected chi connectivity index (χ0v) is 17.7. The fraction of sp³-hybridized carbons (Fsp3) is 0.462. The number of benzene rings is 2. The van der Waals surface area contributed by atoms with Gasteiger partial charge in [-0.2, -0.15) is 0 Å². The van der Waals surface area contributed by atoms with Crippen molar-refractivity contribution in [1.82, 2.24) is 0 Å². The normalized spacial score (nSPS) is 16.3. The molecule has 0 saturated heterocycles. The van der Waals surface area contributed by atoms with Crippen LogP contribution in [0.5, 0.6) is 0 Å². The summed E-state index contributed by atoms with van der Waals surface area (Å²) in [4.78, 5) is 24.7. The van der Waals surface area contributed by atoms with Gasteiger partial charge in [0.25, 0.3) is 0 Å². The first kappa shape index (κ1) is 20.6. The minimum Gasteiger partial charge on any atom is -0.481 e. The monoisotopic (exact) mass is 406 g/mol. The second kappa shape index (κ2) is 9.03. The molecule has 0 saturated carbocycles. The van der Waals surface area contributed by atoms with Gasteiger partial charge in [-0.3, -0.25) is 4.79 Å². The number of ether oxygens (including phenoxy) is 1. The van der Waals surface area contributed by atoms with Gasteiger partial charge in [-0.05, 0) is 97.6 Å². The summed E-state index contributed by atoms with van der Waals surface area (Å²) >= 11 is 0. The number of esters is 1. The van der Waals surface area contributed by atoms with Gasteiger partial charge < -0.3 is 9.84 Å². The first-order valence-corrected chi connectivity index (χ1v) is 11.1.